The second kappa shape index (κ2) is 7.94. The van der Waals surface area contributed by atoms with E-state index in [-0.39, 0.29) is 18.3 Å². The van der Waals surface area contributed by atoms with Gasteiger partial charge in [0.1, 0.15) is 16.2 Å². The van der Waals surface area contributed by atoms with E-state index in [2.05, 4.69) is 15.2 Å². The maximum Gasteiger partial charge on any atom is 0.231 e. The van der Waals surface area contributed by atoms with Gasteiger partial charge in [0.05, 0.1) is 15.5 Å². The number of aryl methyl sites for hydroxylation is 3. The Morgan fingerprint density at radius 1 is 1.03 bits per heavy atom. The van der Waals surface area contributed by atoms with Crippen molar-refractivity contribution < 1.29 is 14.3 Å². The van der Waals surface area contributed by atoms with Crippen LogP contribution in [0.2, 0.25) is 0 Å². The summed E-state index contributed by atoms with van der Waals surface area (Å²) in [6.45, 7) is 6.24. The number of hydrogen-bond donors (Lipinski definition) is 0. The lowest BCUT2D eigenvalue weighted by molar-refractivity contribution is 0.102. The minimum absolute atomic E-state index is 0.0647. The van der Waals surface area contributed by atoms with Crippen molar-refractivity contribution in [2.75, 3.05) is 12.5 Å². The molecule has 0 unspecified atom stereocenters. The number of nitrogens with zero attached hydrogens (tertiary/aromatic N) is 3. The molecule has 3 heterocycles. The van der Waals surface area contributed by atoms with E-state index >= 15 is 0 Å². The molecule has 2 aromatic carbocycles. The number of aromatic nitrogens is 3. The number of rotatable bonds is 5. The number of hydrogen-bond acceptors (Lipinski definition) is 8. The minimum Gasteiger partial charge on any atom is -0.454 e. The number of fused-ring (bicyclic) bond motifs is 2. The molecule has 4 aromatic rings. The van der Waals surface area contributed by atoms with Crippen molar-refractivity contribution in [2.45, 2.75) is 25.8 Å². The van der Waals surface area contributed by atoms with Crippen LogP contribution in [0.4, 0.5) is 0 Å². The highest BCUT2D eigenvalue weighted by atomic mass is 32.2. The molecule has 2 aromatic heterocycles. The quantitative estimate of drug-likeness (QED) is 0.299. The number of carbonyl (C=O) groups is 1. The third kappa shape index (κ3) is 3.77. The first-order valence-electron chi connectivity index (χ1n) is 9.76. The Kier molecular flexibility index (Phi) is 5.11. The van der Waals surface area contributed by atoms with Crippen LogP contribution in [0.15, 0.2) is 41.4 Å². The van der Waals surface area contributed by atoms with Gasteiger partial charge in [0.25, 0.3) is 0 Å². The lowest BCUT2D eigenvalue weighted by atomic mass is 10.0. The first kappa shape index (κ1) is 20.0. The highest BCUT2D eigenvalue weighted by Crippen LogP contribution is 2.39. The first-order valence-corrected chi connectivity index (χ1v) is 11.6. The monoisotopic (exact) mass is 449 g/mol. The number of Topliss-reactive ketones (excluding diaryl/α,β-unsaturated/α-hetero) is 1. The van der Waals surface area contributed by atoms with Gasteiger partial charge in [-0.3, -0.25) is 4.79 Å². The van der Waals surface area contributed by atoms with Gasteiger partial charge in [-0.05, 0) is 56.2 Å². The van der Waals surface area contributed by atoms with E-state index in [0.717, 1.165) is 37.8 Å². The molecule has 0 spiro atoms. The second-order valence-corrected chi connectivity index (χ2v) is 9.51. The van der Waals surface area contributed by atoms with Crippen molar-refractivity contribution in [1.82, 2.24) is 15.2 Å². The normalized spacial score (nSPS) is 12.5. The Bertz CT molecular complexity index is 1330. The molecule has 0 atom stereocenters. The van der Waals surface area contributed by atoms with Gasteiger partial charge in [-0.15, -0.1) is 21.5 Å². The highest BCUT2D eigenvalue weighted by molar-refractivity contribution is 8.00. The van der Waals surface area contributed by atoms with Crippen LogP contribution in [0.25, 0.3) is 21.5 Å². The van der Waals surface area contributed by atoms with Crippen molar-refractivity contribution in [3.05, 3.63) is 58.1 Å². The largest absolute Gasteiger partial charge is 0.454 e. The standard InChI is InChI=1S/C23H19N3O3S2/c1-12-4-5-15(8-13(12)2)17(27)10-30-23-21-22(31-14(3)24-21)20(25-26-23)16-6-7-18-19(9-16)29-11-28-18/h4-9H,10-11H2,1-3H3. The zero-order valence-electron chi connectivity index (χ0n) is 17.3. The van der Waals surface area contributed by atoms with Crippen LogP contribution in [-0.4, -0.2) is 33.5 Å². The topological polar surface area (TPSA) is 74.2 Å². The fourth-order valence-electron chi connectivity index (χ4n) is 3.38. The summed E-state index contributed by atoms with van der Waals surface area (Å²) in [5, 5.41) is 10.5. The molecule has 5 rings (SSSR count). The minimum atomic E-state index is 0.0647. The first-order chi connectivity index (χ1) is 15.0. The summed E-state index contributed by atoms with van der Waals surface area (Å²) >= 11 is 2.95. The van der Waals surface area contributed by atoms with Crippen molar-refractivity contribution in [3.8, 4) is 22.8 Å². The zero-order valence-corrected chi connectivity index (χ0v) is 18.9. The summed E-state index contributed by atoms with van der Waals surface area (Å²) in [7, 11) is 0. The molecule has 31 heavy (non-hydrogen) atoms. The van der Waals surface area contributed by atoms with Gasteiger partial charge >= 0.3 is 0 Å². The number of ether oxygens (including phenoxy) is 2. The molecule has 0 bridgehead atoms. The fourth-order valence-corrected chi connectivity index (χ4v) is 5.19. The van der Waals surface area contributed by atoms with Crippen molar-refractivity contribution in [1.29, 1.82) is 0 Å². The number of ketones is 1. The van der Waals surface area contributed by atoms with E-state index in [9.17, 15) is 4.79 Å². The van der Waals surface area contributed by atoms with E-state index in [0.29, 0.717) is 16.3 Å². The molecular formula is C23H19N3O3S2. The summed E-state index contributed by atoms with van der Waals surface area (Å²) in [5.74, 6) is 1.78. The van der Waals surface area contributed by atoms with Crippen molar-refractivity contribution >= 4 is 39.1 Å². The van der Waals surface area contributed by atoms with Crippen LogP contribution < -0.4 is 9.47 Å². The summed E-state index contributed by atoms with van der Waals surface area (Å²) in [6.07, 6.45) is 0. The Morgan fingerprint density at radius 3 is 2.71 bits per heavy atom. The van der Waals surface area contributed by atoms with Gasteiger partial charge in [-0.1, -0.05) is 23.9 Å². The van der Waals surface area contributed by atoms with Crippen LogP contribution >= 0.6 is 23.1 Å². The van der Waals surface area contributed by atoms with Crippen LogP contribution in [-0.2, 0) is 0 Å². The van der Waals surface area contributed by atoms with Crippen LogP contribution in [0.3, 0.4) is 0 Å². The fraction of sp³-hybridized carbons (Fsp3) is 0.217. The maximum absolute atomic E-state index is 12.7. The third-order valence-electron chi connectivity index (χ3n) is 5.21. The average Bonchev–Trinajstić information content (AvgIpc) is 3.39. The molecule has 0 saturated carbocycles. The van der Waals surface area contributed by atoms with Gasteiger partial charge in [0.2, 0.25) is 6.79 Å². The van der Waals surface area contributed by atoms with Crippen LogP contribution in [0.5, 0.6) is 11.5 Å². The number of thioether (sulfide) groups is 1. The molecule has 0 N–H and O–H groups in total. The predicted octanol–water partition coefficient (Wildman–Crippen LogP) is 5.38. The Hall–Kier alpha value is -2.97. The van der Waals surface area contributed by atoms with Crippen LogP contribution in [0, 0.1) is 20.8 Å². The van der Waals surface area contributed by atoms with E-state index in [1.165, 1.54) is 17.3 Å². The average molecular weight is 450 g/mol. The number of carbonyl (C=O) groups excluding carboxylic acids is 1. The van der Waals surface area contributed by atoms with Gasteiger partial charge < -0.3 is 9.47 Å². The van der Waals surface area contributed by atoms with Gasteiger partial charge in [-0.25, -0.2) is 4.98 Å². The Balaban J connectivity index is 1.45. The summed E-state index contributed by atoms with van der Waals surface area (Å²) < 4.78 is 11.9. The van der Waals surface area contributed by atoms with Crippen molar-refractivity contribution in [3.63, 3.8) is 0 Å². The Labute approximate surface area is 187 Å². The third-order valence-corrected chi connectivity index (χ3v) is 7.14. The van der Waals surface area contributed by atoms with E-state index in [1.807, 2.05) is 57.2 Å². The summed E-state index contributed by atoms with van der Waals surface area (Å²) in [5.41, 5.74) is 5.43. The molecule has 8 heteroatoms. The maximum atomic E-state index is 12.7. The molecular weight excluding hydrogens is 430 g/mol. The van der Waals surface area contributed by atoms with Crippen molar-refractivity contribution in [2.24, 2.45) is 0 Å². The van der Waals surface area contributed by atoms with Crippen LogP contribution in [0.1, 0.15) is 26.5 Å². The number of benzene rings is 2. The lowest BCUT2D eigenvalue weighted by Crippen LogP contribution is -2.04. The molecule has 0 aliphatic carbocycles. The second-order valence-electron chi connectivity index (χ2n) is 7.34. The molecule has 0 fully saturated rings. The summed E-state index contributed by atoms with van der Waals surface area (Å²) in [6, 6.07) is 11.5. The number of thiazole rings is 1. The smallest absolute Gasteiger partial charge is 0.231 e. The lowest BCUT2D eigenvalue weighted by Gasteiger charge is -2.07. The van der Waals surface area contributed by atoms with Gasteiger partial charge in [0.15, 0.2) is 17.3 Å². The molecule has 1 aliphatic rings. The Morgan fingerprint density at radius 2 is 1.87 bits per heavy atom. The van der Waals surface area contributed by atoms with Gasteiger partial charge in [-0.2, -0.15) is 0 Å². The highest BCUT2D eigenvalue weighted by Gasteiger charge is 2.20. The molecule has 6 nitrogen and oxygen atoms in total. The predicted molar refractivity (Wildman–Crippen MR) is 122 cm³/mol. The molecule has 156 valence electrons. The summed E-state index contributed by atoms with van der Waals surface area (Å²) in [4.78, 5) is 17.4. The molecule has 0 radical (unpaired) electrons. The van der Waals surface area contributed by atoms with Gasteiger partial charge in [0, 0.05) is 11.1 Å². The molecule has 0 saturated heterocycles. The molecule has 0 amide bonds. The van der Waals surface area contributed by atoms with E-state index in [4.69, 9.17) is 9.47 Å². The molecule has 1 aliphatic heterocycles. The zero-order chi connectivity index (χ0) is 21.5. The SMILES string of the molecule is Cc1nc2c(SCC(=O)c3ccc(C)c(C)c3)nnc(-c3ccc4c(c3)OCO4)c2s1. The van der Waals surface area contributed by atoms with E-state index < -0.39 is 0 Å². The van der Waals surface area contributed by atoms with E-state index in [1.54, 1.807) is 11.3 Å².